The third-order valence-electron chi connectivity index (χ3n) is 4.59. The van der Waals surface area contributed by atoms with Gasteiger partial charge in [0.05, 0.1) is 12.7 Å². The summed E-state index contributed by atoms with van der Waals surface area (Å²) in [6.45, 7) is 2.80. The van der Waals surface area contributed by atoms with E-state index in [0.29, 0.717) is 29.7 Å². The highest BCUT2D eigenvalue weighted by atomic mass is 79.9. The summed E-state index contributed by atoms with van der Waals surface area (Å²) in [4.78, 5) is 11.2. The minimum Gasteiger partial charge on any atom is -0.493 e. The molecule has 156 valence electrons. The Balaban J connectivity index is 1.74. The fourth-order valence-corrected chi connectivity index (χ4v) is 3.45. The van der Waals surface area contributed by atoms with Crippen LogP contribution in [0.1, 0.15) is 27.0 Å². The number of ether oxygens (including phenoxy) is 2. The summed E-state index contributed by atoms with van der Waals surface area (Å²) in [7, 11) is 1.59. The van der Waals surface area contributed by atoms with Crippen LogP contribution in [0, 0.1) is 6.92 Å². The number of aryl methyl sites for hydroxylation is 1. The number of carboxylic acid groups (broad SMARTS) is 1. The summed E-state index contributed by atoms with van der Waals surface area (Å²) in [5.41, 5.74) is 3.92. The number of hydrogen-bond donors (Lipinski definition) is 2. The van der Waals surface area contributed by atoms with Crippen molar-refractivity contribution in [1.29, 1.82) is 0 Å². The van der Waals surface area contributed by atoms with Gasteiger partial charge in [0.1, 0.15) is 6.61 Å². The molecule has 0 amide bonds. The molecule has 3 aromatic carbocycles. The lowest BCUT2D eigenvalue weighted by atomic mass is 10.1. The largest absolute Gasteiger partial charge is 0.493 e. The normalized spacial score (nSPS) is 10.5. The number of methoxy groups -OCH3 is 1. The second-order valence-electron chi connectivity index (χ2n) is 6.70. The summed E-state index contributed by atoms with van der Waals surface area (Å²) in [5.74, 6) is 0.273. The predicted molar refractivity (Wildman–Crippen MR) is 122 cm³/mol. The first-order chi connectivity index (χ1) is 14.4. The van der Waals surface area contributed by atoms with E-state index in [2.05, 4.69) is 21.2 Å². The topological polar surface area (TPSA) is 67.8 Å². The van der Waals surface area contributed by atoms with Crippen molar-refractivity contribution in [1.82, 2.24) is 0 Å². The maximum atomic E-state index is 11.2. The molecule has 0 spiro atoms. The van der Waals surface area contributed by atoms with Gasteiger partial charge in [-0.25, -0.2) is 4.79 Å². The van der Waals surface area contributed by atoms with E-state index in [9.17, 15) is 9.90 Å². The number of aromatic carboxylic acids is 1. The van der Waals surface area contributed by atoms with Crippen molar-refractivity contribution in [2.45, 2.75) is 20.1 Å². The first-order valence-electron chi connectivity index (χ1n) is 9.19. The van der Waals surface area contributed by atoms with Crippen LogP contribution in [0.25, 0.3) is 0 Å². The molecule has 0 fully saturated rings. The third-order valence-corrected chi connectivity index (χ3v) is 5.58. The summed E-state index contributed by atoms with van der Waals surface area (Å²) in [6.07, 6.45) is 0. The van der Waals surface area contributed by atoms with Crippen molar-refractivity contribution in [3.63, 3.8) is 0 Å². The lowest BCUT2D eigenvalue weighted by Gasteiger charge is -2.16. The van der Waals surface area contributed by atoms with E-state index in [1.807, 2.05) is 43.3 Å². The molecule has 0 heterocycles. The Kier molecular flexibility index (Phi) is 7.24. The van der Waals surface area contributed by atoms with Crippen LogP contribution < -0.4 is 14.8 Å². The van der Waals surface area contributed by atoms with Gasteiger partial charge >= 0.3 is 5.97 Å². The molecule has 0 aromatic heterocycles. The highest BCUT2D eigenvalue weighted by Gasteiger charge is 2.12. The van der Waals surface area contributed by atoms with E-state index < -0.39 is 5.97 Å². The zero-order valence-corrected chi connectivity index (χ0v) is 18.9. The van der Waals surface area contributed by atoms with Crippen LogP contribution in [-0.2, 0) is 13.2 Å². The number of halogens is 2. The first-order valence-corrected chi connectivity index (χ1v) is 10.4. The predicted octanol–water partition coefficient (Wildman–Crippen LogP) is 6.31. The average Bonchev–Trinajstić information content (AvgIpc) is 2.73. The second-order valence-corrected chi connectivity index (χ2v) is 7.99. The average molecular weight is 491 g/mol. The minimum absolute atomic E-state index is 0.241. The molecule has 0 aliphatic rings. The molecule has 0 bridgehead atoms. The molecule has 0 unspecified atom stereocenters. The number of hydrogen-bond acceptors (Lipinski definition) is 4. The van der Waals surface area contributed by atoms with Crippen LogP contribution in [-0.4, -0.2) is 18.2 Å². The van der Waals surface area contributed by atoms with Crippen LogP contribution in [0.5, 0.6) is 11.5 Å². The maximum absolute atomic E-state index is 11.2. The highest BCUT2D eigenvalue weighted by Crippen LogP contribution is 2.34. The van der Waals surface area contributed by atoms with Crippen LogP contribution in [0.3, 0.4) is 0 Å². The molecule has 3 aromatic rings. The van der Waals surface area contributed by atoms with Crippen LogP contribution in [0.4, 0.5) is 5.69 Å². The zero-order chi connectivity index (χ0) is 21.7. The molecule has 0 aliphatic heterocycles. The standard InChI is InChI=1S/C23H21BrClNO4/c1-14-3-6-16(23(27)28)9-20(14)26-12-17-10-21(29-2)22(11-19(17)24)30-13-15-4-7-18(25)8-5-15/h3-11,26H,12-13H2,1-2H3,(H,27,28). The van der Waals surface area contributed by atoms with E-state index in [4.69, 9.17) is 21.1 Å². The molecule has 0 aliphatic carbocycles. The number of carbonyl (C=O) groups is 1. The molecule has 5 nitrogen and oxygen atoms in total. The first kappa shape index (κ1) is 22.0. The van der Waals surface area contributed by atoms with Gasteiger partial charge in [-0.3, -0.25) is 0 Å². The van der Waals surface area contributed by atoms with Crippen LogP contribution in [0.2, 0.25) is 5.02 Å². The molecule has 3 rings (SSSR count). The molecule has 2 N–H and O–H groups in total. The SMILES string of the molecule is COc1cc(CNc2cc(C(=O)O)ccc2C)c(Br)cc1OCc1ccc(Cl)cc1. The monoisotopic (exact) mass is 489 g/mol. The van der Waals surface area contributed by atoms with Gasteiger partial charge < -0.3 is 19.9 Å². The fraction of sp³-hybridized carbons (Fsp3) is 0.174. The van der Waals surface area contributed by atoms with Crippen molar-refractivity contribution in [2.24, 2.45) is 0 Å². The molecule has 0 atom stereocenters. The van der Waals surface area contributed by atoms with Crippen molar-refractivity contribution in [3.8, 4) is 11.5 Å². The van der Waals surface area contributed by atoms with Gasteiger partial charge in [-0.2, -0.15) is 0 Å². The summed E-state index contributed by atoms with van der Waals surface area (Å²) in [6, 6.07) is 16.2. The van der Waals surface area contributed by atoms with E-state index in [1.54, 1.807) is 25.3 Å². The third kappa shape index (κ3) is 5.46. The lowest BCUT2D eigenvalue weighted by molar-refractivity contribution is 0.0697. The number of benzene rings is 3. The fourth-order valence-electron chi connectivity index (χ4n) is 2.86. The van der Waals surface area contributed by atoms with Gasteiger partial charge in [-0.15, -0.1) is 0 Å². The Morgan fingerprint density at radius 1 is 1.10 bits per heavy atom. The van der Waals surface area contributed by atoms with Crippen molar-refractivity contribution in [2.75, 3.05) is 12.4 Å². The van der Waals surface area contributed by atoms with Crippen molar-refractivity contribution >= 4 is 39.2 Å². The van der Waals surface area contributed by atoms with E-state index in [1.165, 1.54) is 0 Å². The summed E-state index contributed by atoms with van der Waals surface area (Å²) in [5, 5.41) is 13.2. The Bertz CT molecular complexity index is 1050. The van der Waals surface area contributed by atoms with Crippen molar-refractivity contribution in [3.05, 3.63) is 86.3 Å². The Morgan fingerprint density at radius 2 is 1.83 bits per heavy atom. The van der Waals surface area contributed by atoms with Gasteiger partial charge in [0.15, 0.2) is 11.5 Å². The number of nitrogens with one attached hydrogen (secondary N) is 1. The molecular weight excluding hydrogens is 470 g/mol. The summed E-state index contributed by atoms with van der Waals surface area (Å²) >= 11 is 9.51. The number of rotatable bonds is 8. The molecule has 0 saturated heterocycles. The van der Waals surface area contributed by atoms with Crippen LogP contribution in [0.15, 0.2) is 59.1 Å². The van der Waals surface area contributed by atoms with E-state index >= 15 is 0 Å². The van der Waals surface area contributed by atoms with E-state index in [0.717, 1.165) is 26.9 Å². The quantitative estimate of drug-likeness (QED) is 0.387. The lowest BCUT2D eigenvalue weighted by Crippen LogP contribution is -2.05. The van der Waals surface area contributed by atoms with Crippen molar-refractivity contribution < 1.29 is 19.4 Å². The zero-order valence-electron chi connectivity index (χ0n) is 16.5. The highest BCUT2D eigenvalue weighted by molar-refractivity contribution is 9.10. The Hall–Kier alpha value is -2.70. The smallest absolute Gasteiger partial charge is 0.335 e. The molecule has 0 radical (unpaired) electrons. The summed E-state index contributed by atoms with van der Waals surface area (Å²) < 4.78 is 12.3. The van der Waals surface area contributed by atoms with Gasteiger partial charge in [-0.05, 0) is 60.0 Å². The molecule has 7 heteroatoms. The Labute approximate surface area is 188 Å². The molecular formula is C23H21BrClNO4. The second kappa shape index (κ2) is 9.87. The number of carboxylic acids is 1. The van der Waals surface area contributed by atoms with Crippen LogP contribution >= 0.6 is 27.5 Å². The Morgan fingerprint density at radius 3 is 2.50 bits per heavy atom. The van der Waals surface area contributed by atoms with Gasteiger partial charge in [0, 0.05) is 21.7 Å². The molecule has 0 saturated carbocycles. The van der Waals surface area contributed by atoms with E-state index in [-0.39, 0.29) is 5.56 Å². The van der Waals surface area contributed by atoms with Gasteiger partial charge in [0.25, 0.3) is 0 Å². The molecule has 30 heavy (non-hydrogen) atoms. The van der Waals surface area contributed by atoms with Gasteiger partial charge in [-0.1, -0.05) is 45.7 Å². The maximum Gasteiger partial charge on any atom is 0.335 e. The minimum atomic E-state index is -0.955. The van der Waals surface area contributed by atoms with Gasteiger partial charge in [0.2, 0.25) is 0 Å². The number of anilines is 1.